The quantitative estimate of drug-likeness (QED) is 0.842. The van der Waals surface area contributed by atoms with E-state index < -0.39 is 0 Å². The highest BCUT2D eigenvalue weighted by atomic mass is 16.5. The summed E-state index contributed by atoms with van der Waals surface area (Å²) in [6.45, 7) is 8.32. The molecule has 2 aromatic rings. The summed E-state index contributed by atoms with van der Waals surface area (Å²) in [6.07, 6.45) is 1.91. The molecule has 20 heavy (non-hydrogen) atoms. The van der Waals surface area contributed by atoms with E-state index in [1.165, 1.54) is 5.56 Å². The zero-order chi connectivity index (χ0) is 14.5. The minimum absolute atomic E-state index is 0.187. The van der Waals surface area contributed by atoms with Crippen molar-refractivity contribution in [3.05, 3.63) is 54.0 Å². The molecule has 1 heterocycles. The van der Waals surface area contributed by atoms with Gasteiger partial charge in [-0.15, -0.1) is 0 Å². The lowest BCUT2D eigenvalue weighted by molar-refractivity contribution is 0.242. The third-order valence-corrected chi connectivity index (χ3v) is 3.22. The molecule has 3 nitrogen and oxygen atoms in total. The zero-order valence-corrected chi connectivity index (χ0v) is 12.6. The van der Waals surface area contributed by atoms with Crippen LogP contribution in [0.5, 0.6) is 5.75 Å². The van der Waals surface area contributed by atoms with E-state index in [1.807, 2.05) is 38.1 Å². The Bertz CT molecular complexity index is 502. The van der Waals surface area contributed by atoms with E-state index in [9.17, 15) is 0 Å². The number of furan rings is 1. The third kappa shape index (κ3) is 3.87. The van der Waals surface area contributed by atoms with Crippen molar-refractivity contribution in [3.8, 4) is 5.75 Å². The van der Waals surface area contributed by atoms with Gasteiger partial charge in [-0.25, -0.2) is 0 Å². The maximum Gasteiger partial charge on any atom is 0.120 e. The minimum Gasteiger partial charge on any atom is -0.491 e. The van der Waals surface area contributed by atoms with Crippen LogP contribution in [0.1, 0.15) is 51.1 Å². The lowest BCUT2D eigenvalue weighted by Gasteiger charge is -2.19. The van der Waals surface area contributed by atoms with Crippen molar-refractivity contribution in [2.75, 3.05) is 0 Å². The van der Waals surface area contributed by atoms with Crippen LogP contribution in [0.4, 0.5) is 0 Å². The number of nitrogens with one attached hydrogen (secondary N) is 1. The van der Waals surface area contributed by atoms with Crippen LogP contribution in [0, 0.1) is 0 Å². The van der Waals surface area contributed by atoms with Crippen LogP contribution in [0.3, 0.4) is 0 Å². The topological polar surface area (TPSA) is 34.4 Å². The summed E-state index contributed by atoms with van der Waals surface area (Å²) < 4.78 is 11.1. The van der Waals surface area contributed by atoms with Crippen LogP contribution < -0.4 is 10.1 Å². The lowest BCUT2D eigenvalue weighted by atomic mass is 10.1. The van der Waals surface area contributed by atoms with Crippen LogP contribution in [-0.2, 0) is 0 Å². The van der Waals surface area contributed by atoms with Crippen LogP contribution >= 0.6 is 0 Å². The van der Waals surface area contributed by atoms with Gasteiger partial charge in [-0.05, 0) is 57.5 Å². The summed E-state index contributed by atoms with van der Waals surface area (Å²) in [7, 11) is 0. The Hall–Kier alpha value is -1.74. The molecule has 0 saturated carbocycles. The first kappa shape index (κ1) is 14.7. The van der Waals surface area contributed by atoms with Crippen molar-refractivity contribution in [1.82, 2.24) is 5.32 Å². The predicted molar refractivity (Wildman–Crippen MR) is 80.9 cm³/mol. The maximum atomic E-state index is 5.65. The average Bonchev–Trinajstić information content (AvgIpc) is 2.92. The molecule has 0 saturated heterocycles. The Morgan fingerprint density at radius 1 is 0.950 bits per heavy atom. The first-order valence-corrected chi connectivity index (χ1v) is 7.12. The van der Waals surface area contributed by atoms with Gasteiger partial charge in [0.1, 0.15) is 11.5 Å². The molecule has 108 valence electrons. The molecule has 0 radical (unpaired) electrons. The maximum absolute atomic E-state index is 5.65. The van der Waals surface area contributed by atoms with E-state index in [1.54, 1.807) is 6.26 Å². The number of rotatable bonds is 6. The summed E-state index contributed by atoms with van der Waals surface area (Å²) in [4.78, 5) is 0. The van der Waals surface area contributed by atoms with Gasteiger partial charge in [0, 0.05) is 6.04 Å². The summed E-state index contributed by atoms with van der Waals surface area (Å²) >= 11 is 0. The fraction of sp³-hybridized carbons (Fsp3) is 0.412. The third-order valence-electron chi connectivity index (χ3n) is 3.22. The zero-order valence-electron chi connectivity index (χ0n) is 12.6. The van der Waals surface area contributed by atoms with E-state index >= 15 is 0 Å². The van der Waals surface area contributed by atoms with Crippen LogP contribution in [-0.4, -0.2) is 6.10 Å². The first-order valence-electron chi connectivity index (χ1n) is 7.12. The van der Waals surface area contributed by atoms with E-state index in [4.69, 9.17) is 9.15 Å². The molecule has 1 N–H and O–H groups in total. The number of ether oxygens (including phenoxy) is 1. The molecular formula is C17H23NO2. The van der Waals surface area contributed by atoms with Crippen LogP contribution in [0.15, 0.2) is 47.1 Å². The largest absolute Gasteiger partial charge is 0.491 e. The van der Waals surface area contributed by atoms with Crippen molar-refractivity contribution in [2.24, 2.45) is 0 Å². The molecule has 0 bridgehead atoms. The standard InChI is InChI=1S/C17H23NO2/c1-12(2)20-16-9-7-15(8-10-16)13(3)18-14(4)17-6-5-11-19-17/h5-14,18H,1-4H3. The summed E-state index contributed by atoms with van der Waals surface area (Å²) in [6, 6.07) is 12.6. The monoisotopic (exact) mass is 273 g/mol. The van der Waals surface area contributed by atoms with E-state index in [2.05, 4.69) is 31.3 Å². The highest BCUT2D eigenvalue weighted by Crippen LogP contribution is 2.22. The minimum atomic E-state index is 0.187. The average molecular weight is 273 g/mol. The Labute approximate surface area is 121 Å². The molecule has 0 fully saturated rings. The highest BCUT2D eigenvalue weighted by molar-refractivity contribution is 5.29. The molecular weight excluding hydrogens is 250 g/mol. The molecule has 2 rings (SSSR count). The molecule has 2 atom stereocenters. The van der Waals surface area contributed by atoms with Gasteiger partial charge < -0.3 is 14.5 Å². The van der Waals surface area contributed by atoms with Crippen molar-refractivity contribution in [2.45, 2.75) is 45.9 Å². The van der Waals surface area contributed by atoms with Gasteiger partial charge in [-0.3, -0.25) is 0 Å². The van der Waals surface area contributed by atoms with Gasteiger partial charge >= 0.3 is 0 Å². The van der Waals surface area contributed by atoms with Crippen molar-refractivity contribution in [1.29, 1.82) is 0 Å². The van der Waals surface area contributed by atoms with E-state index in [0.29, 0.717) is 0 Å². The molecule has 0 aliphatic rings. The van der Waals surface area contributed by atoms with Gasteiger partial charge in [0.25, 0.3) is 0 Å². The second-order valence-electron chi connectivity index (χ2n) is 5.36. The molecule has 0 spiro atoms. The van der Waals surface area contributed by atoms with E-state index in [0.717, 1.165) is 11.5 Å². The lowest BCUT2D eigenvalue weighted by Crippen LogP contribution is -2.22. The van der Waals surface area contributed by atoms with Crippen LogP contribution in [0.25, 0.3) is 0 Å². The summed E-state index contributed by atoms with van der Waals surface area (Å²) in [5.41, 5.74) is 1.24. The van der Waals surface area contributed by atoms with Gasteiger partial charge in [0.05, 0.1) is 18.4 Å². The van der Waals surface area contributed by atoms with Crippen molar-refractivity contribution in [3.63, 3.8) is 0 Å². The Kier molecular flexibility index (Phi) is 4.85. The first-order chi connectivity index (χ1) is 9.56. The molecule has 2 unspecified atom stereocenters. The molecule has 0 aliphatic heterocycles. The molecule has 0 aliphatic carbocycles. The second kappa shape index (κ2) is 6.62. The predicted octanol–water partition coefficient (Wildman–Crippen LogP) is 4.48. The Balaban J connectivity index is 1.97. The second-order valence-corrected chi connectivity index (χ2v) is 5.36. The van der Waals surface area contributed by atoms with Gasteiger partial charge in [0.15, 0.2) is 0 Å². The Morgan fingerprint density at radius 3 is 2.20 bits per heavy atom. The Morgan fingerprint density at radius 2 is 1.65 bits per heavy atom. The smallest absolute Gasteiger partial charge is 0.120 e. The number of hydrogen-bond donors (Lipinski definition) is 1. The van der Waals surface area contributed by atoms with Crippen molar-refractivity contribution < 1.29 is 9.15 Å². The SMILES string of the molecule is CC(C)Oc1ccc(C(C)NC(C)c2ccco2)cc1. The summed E-state index contributed by atoms with van der Waals surface area (Å²) in [5.74, 6) is 1.87. The number of hydrogen-bond acceptors (Lipinski definition) is 3. The number of benzene rings is 1. The van der Waals surface area contributed by atoms with Crippen molar-refractivity contribution >= 4 is 0 Å². The molecule has 0 amide bonds. The summed E-state index contributed by atoms with van der Waals surface area (Å²) in [5, 5.41) is 3.52. The molecule has 3 heteroatoms. The van der Waals surface area contributed by atoms with E-state index in [-0.39, 0.29) is 18.2 Å². The fourth-order valence-electron chi connectivity index (χ4n) is 2.20. The van der Waals surface area contributed by atoms with Crippen LogP contribution in [0.2, 0.25) is 0 Å². The molecule has 1 aromatic carbocycles. The molecule has 1 aromatic heterocycles. The van der Waals surface area contributed by atoms with Gasteiger partial charge in [-0.1, -0.05) is 12.1 Å². The highest BCUT2D eigenvalue weighted by Gasteiger charge is 2.13. The van der Waals surface area contributed by atoms with Gasteiger partial charge in [-0.2, -0.15) is 0 Å². The normalized spacial score (nSPS) is 14.2. The van der Waals surface area contributed by atoms with Gasteiger partial charge in [0.2, 0.25) is 0 Å². The fourth-order valence-corrected chi connectivity index (χ4v) is 2.20.